The van der Waals surface area contributed by atoms with Gasteiger partial charge in [0.05, 0.1) is 4.92 Å². The molecule has 0 atom stereocenters. The van der Waals surface area contributed by atoms with Crippen LogP contribution in [0.4, 0.5) is 5.69 Å². The van der Waals surface area contributed by atoms with Gasteiger partial charge >= 0.3 is 11.9 Å². The minimum absolute atomic E-state index is 0.134. The van der Waals surface area contributed by atoms with E-state index in [1.54, 1.807) is 24.3 Å². The lowest BCUT2D eigenvalue weighted by Gasteiger charge is -2.09. The number of ketones is 2. The second-order valence-electron chi connectivity index (χ2n) is 7.43. The predicted octanol–water partition coefficient (Wildman–Crippen LogP) is 5.36. The number of benzene rings is 3. The molecule has 9 nitrogen and oxygen atoms in total. The first-order valence-electron chi connectivity index (χ1n) is 10.5. The molecular formula is C26H17Br2NO8. The second-order valence-corrected chi connectivity index (χ2v) is 9.26. The van der Waals surface area contributed by atoms with Crippen molar-refractivity contribution < 1.29 is 33.6 Å². The highest BCUT2D eigenvalue weighted by Crippen LogP contribution is 2.18. The van der Waals surface area contributed by atoms with Crippen molar-refractivity contribution in [2.24, 2.45) is 0 Å². The zero-order valence-electron chi connectivity index (χ0n) is 18.9. The first-order valence-corrected chi connectivity index (χ1v) is 12.1. The molecule has 3 rings (SSSR count). The number of carbonyl (C=O) groups is 4. The summed E-state index contributed by atoms with van der Waals surface area (Å²) in [6, 6.07) is 18.0. The van der Waals surface area contributed by atoms with Crippen LogP contribution in [0.2, 0.25) is 0 Å². The van der Waals surface area contributed by atoms with Crippen LogP contribution in [-0.4, -0.2) is 41.6 Å². The Morgan fingerprint density at radius 2 is 1.24 bits per heavy atom. The van der Waals surface area contributed by atoms with Gasteiger partial charge in [-0.3, -0.25) is 19.7 Å². The minimum atomic E-state index is -1.20. The van der Waals surface area contributed by atoms with Gasteiger partial charge in [-0.1, -0.05) is 68.3 Å². The van der Waals surface area contributed by atoms with Gasteiger partial charge in [0.2, 0.25) is 0 Å². The number of esters is 2. The molecule has 0 bridgehead atoms. The molecule has 0 N–H and O–H groups in total. The van der Waals surface area contributed by atoms with Crippen molar-refractivity contribution in [1.82, 2.24) is 0 Å². The number of carbonyl (C=O) groups excluding carboxylic acids is 4. The van der Waals surface area contributed by atoms with Gasteiger partial charge in [-0.05, 0) is 35.9 Å². The largest absolute Gasteiger partial charge is 0.453 e. The molecule has 0 unspecified atom stereocenters. The number of ether oxygens (including phenoxy) is 2. The van der Waals surface area contributed by atoms with Crippen molar-refractivity contribution >= 4 is 67.1 Å². The summed E-state index contributed by atoms with van der Waals surface area (Å²) in [4.78, 5) is 60.9. The second kappa shape index (κ2) is 12.8. The fraction of sp³-hybridized carbons (Fsp3) is 0.0769. The third-order valence-electron chi connectivity index (χ3n) is 4.79. The third kappa shape index (κ3) is 8.02. The number of non-ortho nitro benzene ring substituents is 1. The monoisotopic (exact) mass is 629 g/mol. The van der Waals surface area contributed by atoms with Crippen LogP contribution in [0.25, 0.3) is 6.08 Å². The van der Waals surface area contributed by atoms with E-state index in [0.717, 1.165) is 12.1 Å². The summed E-state index contributed by atoms with van der Waals surface area (Å²) in [5, 5.41) is 11.1. The molecule has 11 heteroatoms. The average molecular weight is 631 g/mol. The Morgan fingerprint density at radius 3 is 1.70 bits per heavy atom. The maximum absolute atomic E-state index is 12.8. The molecule has 0 saturated carbocycles. The molecule has 188 valence electrons. The molecule has 0 aliphatic carbocycles. The molecule has 3 aromatic rings. The maximum Gasteiger partial charge on any atom is 0.346 e. The van der Waals surface area contributed by atoms with Crippen LogP contribution in [0.15, 0.2) is 87.3 Å². The van der Waals surface area contributed by atoms with Gasteiger partial charge in [-0.15, -0.1) is 0 Å². The van der Waals surface area contributed by atoms with E-state index in [0.29, 0.717) is 8.95 Å². The van der Waals surface area contributed by atoms with E-state index in [2.05, 4.69) is 31.9 Å². The Labute approximate surface area is 227 Å². The zero-order chi connectivity index (χ0) is 26.9. The van der Waals surface area contributed by atoms with Crippen LogP contribution in [-0.2, 0) is 19.1 Å². The topological polar surface area (TPSA) is 130 Å². The smallest absolute Gasteiger partial charge is 0.346 e. The number of nitro benzene ring substituents is 1. The molecule has 0 amide bonds. The Hall–Kier alpha value is -3.96. The van der Waals surface area contributed by atoms with Crippen molar-refractivity contribution in [2.75, 3.05) is 13.2 Å². The molecule has 0 aliphatic heterocycles. The van der Waals surface area contributed by atoms with E-state index >= 15 is 0 Å². The summed E-state index contributed by atoms with van der Waals surface area (Å²) in [7, 11) is 0. The van der Waals surface area contributed by atoms with Crippen LogP contribution in [0.1, 0.15) is 26.3 Å². The normalized spacial score (nSPS) is 10.2. The number of nitrogens with zero attached hydrogens (tertiary/aromatic N) is 1. The summed E-state index contributed by atoms with van der Waals surface area (Å²) in [6.45, 7) is -1.35. The highest BCUT2D eigenvalue weighted by Gasteiger charge is 2.24. The Balaban J connectivity index is 1.80. The van der Waals surface area contributed by atoms with Crippen molar-refractivity contribution in [3.63, 3.8) is 0 Å². The van der Waals surface area contributed by atoms with E-state index in [9.17, 15) is 29.3 Å². The first-order chi connectivity index (χ1) is 17.6. The van der Waals surface area contributed by atoms with Crippen LogP contribution < -0.4 is 0 Å². The van der Waals surface area contributed by atoms with Crippen molar-refractivity contribution in [2.45, 2.75) is 0 Å². The summed E-state index contributed by atoms with van der Waals surface area (Å²) >= 11 is 6.49. The van der Waals surface area contributed by atoms with Gasteiger partial charge in [0, 0.05) is 32.2 Å². The number of hydrogen-bond acceptors (Lipinski definition) is 8. The van der Waals surface area contributed by atoms with Gasteiger partial charge in [0.25, 0.3) is 5.69 Å². The van der Waals surface area contributed by atoms with Gasteiger partial charge in [0.15, 0.2) is 24.8 Å². The lowest BCUT2D eigenvalue weighted by molar-refractivity contribution is -0.384. The fourth-order valence-corrected chi connectivity index (χ4v) is 3.80. The Bertz CT molecular complexity index is 1340. The lowest BCUT2D eigenvalue weighted by atomic mass is 10.1. The molecule has 0 spiro atoms. The van der Waals surface area contributed by atoms with Crippen molar-refractivity contribution in [3.8, 4) is 0 Å². The molecule has 0 aromatic heterocycles. The molecule has 37 heavy (non-hydrogen) atoms. The molecule has 0 saturated heterocycles. The minimum Gasteiger partial charge on any atom is -0.453 e. The van der Waals surface area contributed by atoms with Crippen LogP contribution >= 0.6 is 31.9 Å². The molecule has 0 heterocycles. The van der Waals surface area contributed by atoms with E-state index in [4.69, 9.17) is 9.47 Å². The molecular weight excluding hydrogens is 614 g/mol. The van der Waals surface area contributed by atoms with Crippen molar-refractivity contribution in [3.05, 3.63) is 114 Å². The summed E-state index contributed by atoms with van der Waals surface area (Å²) in [5.74, 6) is -3.45. The maximum atomic E-state index is 12.8. The standard InChI is InChI=1S/C26H17Br2NO8/c27-19-7-2-5-17(12-19)23(30)14-36-25(32)22(11-16-4-1-9-21(10-16)29(34)35)26(33)37-15-24(31)18-6-3-8-20(28)13-18/h1-13H,14-15H2. The quantitative estimate of drug-likeness (QED) is 0.0557. The van der Waals surface area contributed by atoms with E-state index in [1.165, 1.54) is 42.5 Å². The molecule has 3 aromatic carbocycles. The average Bonchev–Trinajstić information content (AvgIpc) is 2.88. The fourth-order valence-electron chi connectivity index (χ4n) is 3.00. The van der Waals surface area contributed by atoms with E-state index < -0.39 is 47.2 Å². The molecule has 0 aliphatic rings. The highest BCUT2D eigenvalue weighted by atomic mass is 79.9. The summed E-state index contributed by atoms with van der Waals surface area (Å²) in [6.07, 6.45) is 1.03. The SMILES string of the molecule is O=C(OCC(=O)c1cccc(Br)c1)C(=Cc1cccc([N+](=O)[O-])c1)C(=O)OCC(=O)c1cccc(Br)c1. The van der Waals surface area contributed by atoms with Gasteiger partial charge in [0.1, 0.15) is 5.57 Å². The summed E-state index contributed by atoms with van der Waals surface area (Å²) in [5.41, 5.74) is -0.244. The van der Waals surface area contributed by atoms with Crippen molar-refractivity contribution in [1.29, 1.82) is 0 Å². The zero-order valence-corrected chi connectivity index (χ0v) is 22.1. The molecule has 0 fully saturated rings. The number of rotatable bonds is 10. The van der Waals surface area contributed by atoms with E-state index in [1.807, 2.05) is 0 Å². The van der Waals surface area contributed by atoms with Crippen LogP contribution in [0.3, 0.4) is 0 Å². The van der Waals surface area contributed by atoms with Crippen LogP contribution in [0.5, 0.6) is 0 Å². The summed E-state index contributed by atoms with van der Waals surface area (Å²) < 4.78 is 11.4. The van der Waals surface area contributed by atoms with Gasteiger partial charge in [-0.2, -0.15) is 0 Å². The number of halogens is 2. The highest BCUT2D eigenvalue weighted by molar-refractivity contribution is 9.10. The van der Waals surface area contributed by atoms with Crippen LogP contribution in [0, 0.1) is 10.1 Å². The lowest BCUT2D eigenvalue weighted by Crippen LogP contribution is -2.23. The molecule has 0 radical (unpaired) electrons. The third-order valence-corrected chi connectivity index (χ3v) is 5.78. The van der Waals surface area contributed by atoms with E-state index in [-0.39, 0.29) is 22.4 Å². The van der Waals surface area contributed by atoms with Gasteiger partial charge in [-0.25, -0.2) is 9.59 Å². The number of Topliss-reactive ketones (excluding diaryl/α,β-unsaturated/α-hetero) is 2. The Morgan fingerprint density at radius 1 is 0.757 bits per heavy atom. The Kier molecular flexibility index (Phi) is 9.58. The van der Waals surface area contributed by atoms with Gasteiger partial charge < -0.3 is 9.47 Å². The predicted molar refractivity (Wildman–Crippen MR) is 140 cm³/mol. The number of nitro groups is 1. The number of hydrogen-bond donors (Lipinski definition) is 0. The first kappa shape index (κ1) is 27.6.